The van der Waals surface area contributed by atoms with Gasteiger partial charge >= 0.3 is 5.97 Å². The lowest BCUT2D eigenvalue weighted by Gasteiger charge is -2.40. The molecule has 1 aliphatic rings. The average molecular weight is 256 g/mol. The van der Waals surface area contributed by atoms with Gasteiger partial charge in [-0.2, -0.15) is 0 Å². The number of carbonyl (C=O) groups excluding carboxylic acids is 1. The van der Waals surface area contributed by atoms with E-state index in [9.17, 15) is 4.79 Å². The first-order valence-corrected chi connectivity index (χ1v) is 9.15. The van der Waals surface area contributed by atoms with Crippen LogP contribution in [-0.4, -0.2) is 26.5 Å². The average Bonchev–Trinajstić information content (AvgIpc) is 2.18. The largest absolute Gasteiger partial charge is 0.456 e. The van der Waals surface area contributed by atoms with Crippen LogP contribution in [0.3, 0.4) is 0 Å². The number of carbonyl (C=O) groups is 1. The summed E-state index contributed by atoms with van der Waals surface area (Å²) in [7, 11) is -1.81. The second kappa shape index (κ2) is 4.94. The van der Waals surface area contributed by atoms with E-state index in [-0.39, 0.29) is 23.2 Å². The van der Waals surface area contributed by atoms with Gasteiger partial charge in [0.1, 0.15) is 12.2 Å². The van der Waals surface area contributed by atoms with E-state index in [0.29, 0.717) is 0 Å². The Kier molecular flexibility index (Phi) is 4.20. The first-order valence-electron chi connectivity index (χ1n) is 6.24. The summed E-state index contributed by atoms with van der Waals surface area (Å²) in [6, 6.07) is 0. The molecule has 0 saturated carbocycles. The van der Waals surface area contributed by atoms with Crippen LogP contribution in [0.2, 0.25) is 18.1 Å². The molecule has 0 aliphatic carbocycles. The fourth-order valence-electron chi connectivity index (χ4n) is 1.50. The zero-order valence-electron chi connectivity index (χ0n) is 11.7. The third-order valence-corrected chi connectivity index (χ3v) is 8.17. The molecule has 0 unspecified atom stereocenters. The lowest BCUT2D eigenvalue weighted by molar-refractivity contribution is -0.149. The normalized spacial score (nSPS) is 25.9. The van der Waals surface area contributed by atoms with Crippen molar-refractivity contribution >= 4 is 14.3 Å². The molecular weight excluding hydrogens is 232 g/mol. The Morgan fingerprint density at radius 3 is 2.47 bits per heavy atom. The van der Waals surface area contributed by atoms with E-state index in [0.717, 1.165) is 6.42 Å². The van der Waals surface area contributed by atoms with E-state index in [4.69, 9.17) is 9.16 Å². The molecule has 0 spiro atoms. The van der Waals surface area contributed by atoms with E-state index in [1.807, 2.05) is 13.0 Å². The van der Waals surface area contributed by atoms with Gasteiger partial charge in [-0.05, 0) is 30.6 Å². The molecule has 0 fully saturated rings. The first kappa shape index (κ1) is 14.4. The van der Waals surface area contributed by atoms with Crippen molar-refractivity contribution in [3.05, 3.63) is 12.2 Å². The van der Waals surface area contributed by atoms with Crippen LogP contribution in [0.5, 0.6) is 0 Å². The smallest absolute Gasteiger partial charge is 0.330 e. The van der Waals surface area contributed by atoms with E-state index in [2.05, 4.69) is 33.9 Å². The third kappa shape index (κ3) is 3.42. The summed E-state index contributed by atoms with van der Waals surface area (Å²) in [5, 5.41) is 0.167. The second-order valence-corrected chi connectivity index (χ2v) is 10.8. The summed E-state index contributed by atoms with van der Waals surface area (Å²) in [5.74, 6) is -0.257. The molecule has 1 aliphatic heterocycles. The minimum Gasteiger partial charge on any atom is -0.456 e. The van der Waals surface area contributed by atoms with E-state index in [1.165, 1.54) is 6.08 Å². The zero-order chi connectivity index (χ0) is 13.3. The molecule has 2 atom stereocenters. The number of hydrogen-bond acceptors (Lipinski definition) is 3. The summed E-state index contributed by atoms with van der Waals surface area (Å²) in [5.41, 5.74) is 0. The zero-order valence-corrected chi connectivity index (χ0v) is 12.7. The van der Waals surface area contributed by atoms with Crippen LogP contribution in [0.1, 0.15) is 34.1 Å². The molecule has 0 amide bonds. The third-order valence-electron chi connectivity index (χ3n) is 3.70. The van der Waals surface area contributed by atoms with Crippen molar-refractivity contribution in [2.24, 2.45) is 0 Å². The molecule has 0 bridgehead atoms. The fraction of sp³-hybridized carbons (Fsp3) is 0.769. The Labute approximate surface area is 105 Å². The molecular formula is C13H24O3Si. The molecule has 4 heteroatoms. The molecule has 98 valence electrons. The highest BCUT2D eigenvalue weighted by molar-refractivity contribution is 6.74. The van der Waals surface area contributed by atoms with E-state index >= 15 is 0 Å². The van der Waals surface area contributed by atoms with Gasteiger partial charge in [-0.15, -0.1) is 0 Å². The van der Waals surface area contributed by atoms with Crippen LogP contribution >= 0.6 is 0 Å². The van der Waals surface area contributed by atoms with Gasteiger partial charge in [0, 0.05) is 6.08 Å². The summed E-state index contributed by atoms with van der Waals surface area (Å²) in [6.07, 6.45) is 3.89. The molecule has 0 N–H and O–H groups in total. The van der Waals surface area contributed by atoms with Gasteiger partial charge in [-0.3, -0.25) is 0 Å². The maximum absolute atomic E-state index is 11.2. The molecule has 17 heavy (non-hydrogen) atoms. The van der Waals surface area contributed by atoms with Crippen molar-refractivity contribution in [3.8, 4) is 0 Å². The van der Waals surface area contributed by atoms with Crippen molar-refractivity contribution < 1.29 is 14.0 Å². The SMILES string of the molecule is CC[C@H]1OC(=O)C=C[C@H]1O[Si](C)(C)C(C)(C)C. The van der Waals surface area contributed by atoms with Crippen molar-refractivity contribution in [1.29, 1.82) is 0 Å². The van der Waals surface area contributed by atoms with Crippen molar-refractivity contribution in [2.75, 3.05) is 0 Å². The molecule has 0 aromatic carbocycles. The van der Waals surface area contributed by atoms with Gasteiger partial charge in [0.2, 0.25) is 0 Å². The van der Waals surface area contributed by atoms with Crippen molar-refractivity contribution in [1.82, 2.24) is 0 Å². The monoisotopic (exact) mass is 256 g/mol. The van der Waals surface area contributed by atoms with Crippen molar-refractivity contribution in [3.63, 3.8) is 0 Å². The minimum absolute atomic E-state index is 0.0846. The molecule has 0 radical (unpaired) electrons. The van der Waals surface area contributed by atoms with E-state index in [1.54, 1.807) is 0 Å². The molecule has 0 aromatic rings. The highest BCUT2D eigenvalue weighted by Crippen LogP contribution is 2.38. The lowest BCUT2D eigenvalue weighted by Crippen LogP contribution is -2.48. The summed E-state index contributed by atoms with van der Waals surface area (Å²) in [6.45, 7) is 13.1. The van der Waals surface area contributed by atoms with Crippen LogP contribution in [-0.2, 0) is 14.0 Å². The van der Waals surface area contributed by atoms with Gasteiger partial charge in [0.15, 0.2) is 8.32 Å². The summed E-state index contributed by atoms with van der Waals surface area (Å²) in [4.78, 5) is 11.2. The van der Waals surface area contributed by atoms with Gasteiger partial charge in [0.05, 0.1) is 0 Å². The molecule has 1 rings (SSSR count). The lowest BCUT2D eigenvalue weighted by atomic mass is 10.1. The maximum Gasteiger partial charge on any atom is 0.330 e. The Hall–Kier alpha value is -0.613. The van der Waals surface area contributed by atoms with Crippen LogP contribution < -0.4 is 0 Å². The molecule has 3 nitrogen and oxygen atoms in total. The predicted octanol–water partition coefficient (Wildman–Crippen LogP) is 3.27. The highest BCUT2D eigenvalue weighted by Gasteiger charge is 2.41. The summed E-state index contributed by atoms with van der Waals surface area (Å²) < 4.78 is 11.5. The fourth-order valence-corrected chi connectivity index (χ4v) is 2.76. The van der Waals surface area contributed by atoms with Gasteiger partial charge in [-0.1, -0.05) is 27.7 Å². The van der Waals surface area contributed by atoms with Crippen LogP contribution in [0.15, 0.2) is 12.2 Å². The Morgan fingerprint density at radius 1 is 1.41 bits per heavy atom. The number of rotatable bonds is 3. The topological polar surface area (TPSA) is 35.5 Å². The maximum atomic E-state index is 11.2. The Bertz CT molecular complexity index is 315. The van der Waals surface area contributed by atoms with Gasteiger partial charge < -0.3 is 9.16 Å². The highest BCUT2D eigenvalue weighted by atomic mass is 28.4. The van der Waals surface area contributed by atoms with Crippen LogP contribution in [0.25, 0.3) is 0 Å². The number of esters is 1. The quantitative estimate of drug-likeness (QED) is 0.574. The predicted molar refractivity (Wildman–Crippen MR) is 71.4 cm³/mol. The van der Waals surface area contributed by atoms with E-state index < -0.39 is 8.32 Å². The molecule has 0 aromatic heterocycles. The van der Waals surface area contributed by atoms with Crippen LogP contribution in [0, 0.1) is 0 Å². The Balaban J connectivity index is 2.80. The minimum atomic E-state index is -1.81. The first-order chi connectivity index (χ1) is 7.67. The molecule has 1 heterocycles. The van der Waals surface area contributed by atoms with Gasteiger partial charge in [0.25, 0.3) is 0 Å². The number of cyclic esters (lactones) is 1. The van der Waals surface area contributed by atoms with Gasteiger partial charge in [-0.25, -0.2) is 4.79 Å². The number of hydrogen-bond donors (Lipinski definition) is 0. The summed E-state index contributed by atoms with van der Waals surface area (Å²) >= 11 is 0. The Morgan fingerprint density at radius 2 is 2.00 bits per heavy atom. The van der Waals surface area contributed by atoms with Crippen LogP contribution in [0.4, 0.5) is 0 Å². The van der Waals surface area contributed by atoms with Crippen molar-refractivity contribution in [2.45, 2.75) is 64.5 Å². The standard InChI is InChI=1S/C13H24O3Si/c1-7-10-11(8-9-12(14)15-10)16-17(5,6)13(2,3)4/h8-11H,7H2,1-6H3/t10-,11-/m1/s1. The number of ether oxygens (including phenoxy) is 1. The molecule has 0 saturated heterocycles. The second-order valence-electron chi connectivity index (χ2n) is 6.09.